The van der Waals surface area contributed by atoms with Crippen molar-refractivity contribution in [3.63, 3.8) is 0 Å². The molecule has 2 N–H and O–H groups in total. The van der Waals surface area contributed by atoms with Gasteiger partial charge in [-0.2, -0.15) is 0 Å². The van der Waals surface area contributed by atoms with Crippen LogP contribution in [0.4, 0.5) is 10.5 Å². The lowest BCUT2D eigenvalue weighted by Crippen LogP contribution is -2.18. The van der Waals surface area contributed by atoms with Crippen LogP contribution in [0, 0.1) is 0 Å². The summed E-state index contributed by atoms with van der Waals surface area (Å²) in [5.41, 5.74) is 0.639. The highest BCUT2D eigenvalue weighted by Crippen LogP contribution is 2.19. The number of nitrogens with one attached hydrogen (secondary N) is 1. The number of benzene rings is 2. The van der Waals surface area contributed by atoms with Gasteiger partial charge in [0.25, 0.3) is 0 Å². The van der Waals surface area contributed by atoms with Crippen LogP contribution in [-0.4, -0.2) is 29.7 Å². The Bertz CT molecular complexity index is 769. The molecule has 0 fully saturated rings. The third-order valence-corrected chi connectivity index (χ3v) is 3.12. The zero-order valence-electron chi connectivity index (χ0n) is 13.5. The molecule has 130 valence electrons. The zero-order valence-corrected chi connectivity index (χ0v) is 13.5. The fraction of sp³-hybridized carbons (Fsp3) is 0.167. The number of esters is 1. The highest BCUT2D eigenvalue weighted by atomic mass is 16.6. The van der Waals surface area contributed by atoms with E-state index in [0.29, 0.717) is 17.9 Å². The van der Waals surface area contributed by atoms with E-state index in [2.05, 4.69) is 5.32 Å². The molecule has 0 aliphatic heterocycles. The van der Waals surface area contributed by atoms with Crippen LogP contribution in [0.5, 0.6) is 5.75 Å². The Kier molecular flexibility index (Phi) is 6.11. The van der Waals surface area contributed by atoms with Crippen molar-refractivity contribution in [2.75, 3.05) is 11.9 Å². The Balaban J connectivity index is 1.99. The molecule has 0 aromatic heterocycles. The summed E-state index contributed by atoms with van der Waals surface area (Å²) in [4.78, 5) is 34.7. The number of aromatic carboxylic acids is 1. The molecule has 0 saturated heterocycles. The lowest BCUT2D eigenvalue weighted by Gasteiger charge is -2.09. The molecule has 0 aliphatic carbocycles. The van der Waals surface area contributed by atoms with Crippen molar-refractivity contribution in [1.29, 1.82) is 0 Å². The summed E-state index contributed by atoms with van der Waals surface area (Å²) in [5, 5.41) is 11.5. The predicted octanol–water partition coefficient (Wildman–Crippen LogP) is 3.56. The third-order valence-electron chi connectivity index (χ3n) is 3.12. The number of carbonyl (C=O) groups is 3. The molecule has 1 amide bonds. The molecule has 0 radical (unpaired) electrons. The minimum Gasteiger partial charge on any atom is -0.478 e. The van der Waals surface area contributed by atoms with Gasteiger partial charge in [-0.15, -0.1) is 0 Å². The molecule has 0 spiro atoms. The minimum atomic E-state index is -1.20. The lowest BCUT2D eigenvalue weighted by atomic mass is 10.2. The number of ether oxygens (including phenoxy) is 2. The van der Waals surface area contributed by atoms with E-state index in [4.69, 9.17) is 14.6 Å². The molecule has 2 rings (SSSR count). The summed E-state index contributed by atoms with van der Waals surface area (Å²) < 4.78 is 10.0. The molecule has 7 heteroatoms. The quantitative estimate of drug-likeness (QED) is 0.778. The molecule has 7 nitrogen and oxygen atoms in total. The molecular formula is C18H17NO6. The van der Waals surface area contributed by atoms with Gasteiger partial charge in [-0.1, -0.05) is 19.1 Å². The molecular weight excluding hydrogens is 326 g/mol. The van der Waals surface area contributed by atoms with Crippen molar-refractivity contribution in [2.24, 2.45) is 0 Å². The first-order valence-corrected chi connectivity index (χ1v) is 7.59. The SMILES string of the molecule is CCCOC(=O)c1ccc(NC(=O)Oc2ccccc2C(=O)O)cc1. The van der Waals surface area contributed by atoms with Crippen molar-refractivity contribution < 1.29 is 29.0 Å². The average Bonchev–Trinajstić information content (AvgIpc) is 2.60. The second-order valence-electron chi connectivity index (χ2n) is 5.03. The van der Waals surface area contributed by atoms with Crippen LogP contribution in [-0.2, 0) is 4.74 Å². The monoisotopic (exact) mass is 343 g/mol. The van der Waals surface area contributed by atoms with Crippen molar-refractivity contribution in [3.05, 3.63) is 59.7 Å². The summed E-state index contributed by atoms with van der Waals surface area (Å²) >= 11 is 0. The maximum atomic E-state index is 11.9. The largest absolute Gasteiger partial charge is 0.478 e. The number of carboxylic acids is 1. The maximum absolute atomic E-state index is 11.9. The normalized spacial score (nSPS) is 9.96. The average molecular weight is 343 g/mol. The van der Waals surface area contributed by atoms with Crippen LogP contribution in [0.15, 0.2) is 48.5 Å². The van der Waals surface area contributed by atoms with Gasteiger partial charge in [0, 0.05) is 5.69 Å². The number of carbonyl (C=O) groups excluding carboxylic acids is 2. The molecule has 25 heavy (non-hydrogen) atoms. The summed E-state index contributed by atoms with van der Waals surface area (Å²) in [5.74, 6) is -1.70. The second-order valence-corrected chi connectivity index (χ2v) is 5.03. The summed E-state index contributed by atoms with van der Waals surface area (Å²) in [6, 6.07) is 11.9. The Labute approximate surface area is 144 Å². The molecule has 0 heterocycles. The predicted molar refractivity (Wildman–Crippen MR) is 90.1 cm³/mol. The van der Waals surface area contributed by atoms with Gasteiger partial charge in [0.2, 0.25) is 0 Å². The first kappa shape index (κ1) is 18.0. The van der Waals surface area contributed by atoms with E-state index >= 15 is 0 Å². The maximum Gasteiger partial charge on any atom is 0.417 e. The molecule has 0 saturated carbocycles. The standard InChI is InChI=1S/C18H17NO6/c1-2-11-24-17(22)12-7-9-13(10-8-12)19-18(23)25-15-6-4-3-5-14(15)16(20)21/h3-10H,2,11H2,1H3,(H,19,23)(H,20,21). The number of para-hydroxylation sites is 1. The van der Waals surface area contributed by atoms with Crippen LogP contribution in [0.2, 0.25) is 0 Å². The smallest absolute Gasteiger partial charge is 0.417 e. The van der Waals surface area contributed by atoms with Crippen LogP contribution in [0.1, 0.15) is 34.1 Å². The number of rotatable bonds is 6. The van der Waals surface area contributed by atoms with Crippen molar-refractivity contribution >= 4 is 23.7 Å². The zero-order chi connectivity index (χ0) is 18.2. The van der Waals surface area contributed by atoms with Gasteiger partial charge in [0.15, 0.2) is 0 Å². The molecule has 0 atom stereocenters. The van der Waals surface area contributed by atoms with Gasteiger partial charge in [-0.05, 0) is 42.8 Å². The Morgan fingerprint density at radius 2 is 1.72 bits per heavy atom. The van der Waals surface area contributed by atoms with Crippen LogP contribution in [0.3, 0.4) is 0 Å². The first-order chi connectivity index (χ1) is 12.0. The van der Waals surface area contributed by atoms with Gasteiger partial charge >= 0.3 is 18.0 Å². The third kappa shape index (κ3) is 5.07. The second kappa shape index (κ2) is 8.49. The lowest BCUT2D eigenvalue weighted by molar-refractivity contribution is 0.0504. The summed E-state index contributed by atoms with van der Waals surface area (Å²) in [6.07, 6.45) is -0.107. The molecule has 2 aromatic carbocycles. The fourth-order valence-electron chi connectivity index (χ4n) is 1.94. The molecule has 0 bridgehead atoms. The number of amides is 1. The highest BCUT2D eigenvalue weighted by molar-refractivity contribution is 5.94. The van der Waals surface area contributed by atoms with Crippen molar-refractivity contribution in [1.82, 2.24) is 0 Å². The van der Waals surface area contributed by atoms with Gasteiger partial charge in [-0.3, -0.25) is 5.32 Å². The van der Waals surface area contributed by atoms with Gasteiger partial charge in [0.1, 0.15) is 11.3 Å². The number of anilines is 1. The Morgan fingerprint density at radius 1 is 1.04 bits per heavy atom. The van der Waals surface area contributed by atoms with E-state index in [9.17, 15) is 14.4 Å². The molecule has 2 aromatic rings. The van der Waals surface area contributed by atoms with Gasteiger partial charge in [0.05, 0.1) is 12.2 Å². The van der Waals surface area contributed by atoms with E-state index in [1.165, 1.54) is 42.5 Å². The van der Waals surface area contributed by atoms with Crippen LogP contribution < -0.4 is 10.1 Å². The topological polar surface area (TPSA) is 102 Å². The molecule has 0 aliphatic rings. The van der Waals surface area contributed by atoms with E-state index in [0.717, 1.165) is 6.42 Å². The van der Waals surface area contributed by atoms with Crippen LogP contribution >= 0.6 is 0 Å². The van der Waals surface area contributed by atoms with Crippen molar-refractivity contribution in [2.45, 2.75) is 13.3 Å². The van der Waals surface area contributed by atoms with Gasteiger partial charge < -0.3 is 14.6 Å². The number of hydrogen-bond acceptors (Lipinski definition) is 5. The van der Waals surface area contributed by atoms with E-state index in [-0.39, 0.29) is 11.3 Å². The number of hydrogen-bond donors (Lipinski definition) is 2. The highest BCUT2D eigenvalue weighted by Gasteiger charge is 2.14. The summed E-state index contributed by atoms with van der Waals surface area (Å²) in [7, 11) is 0. The number of carboxylic acid groups (broad SMARTS) is 1. The van der Waals surface area contributed by atoms with E-state index in [1.807, 2.05) is 6.92 Å². The Hall–Kier alpha value is -3.35. The van der Waals surface area contributed by atoms with Crippen molar-refractivity contribution in [3.8, 4) is 5.75 Å². The minimum absolute atomic E-state index is 0.0627. The Morgan fingerprint density at radius 3 is 2.36 bits per heavy atom. The first-order valence-electron chi connectivity index (χ1n) is 7.59. The van der Waals surface area contributed by atoms with Crippen LogP contribution in [0.25, 0.3) is 0 Å². The van der Waals surface area contributed by atoms with Gasteiger partial charge in [-0.25, -0.2) is 14.4 Å². The fourth-order valence-corrected chi connectivity index (χ4v) is 1.94. The van der Waals surface area contributed by atoms with E-state index < -0.39 is 18.0 Å². The van der Waals surface area contributed by atoms with E-state index in [1.54, 1.807) is 6.07 Å². The summed E-state index contributed by atoms with van der Waals surface area (Å²) in [6.45, 7) is 2.24. The molecule has 0 unspecified atom stereocenters.